The molecule has 0 aromatic heterocycles. The Kier molecular flexibility index (Phi) is 2.17. The van der Waals surface area contributed by atoms with Crippen molar-refractivity contribution in [3.63, 3.8) is 0 Å². The fraction of sp³-hybridized carbons (Fsp3) is 0.714. The molecule has 0 aromatic rings. The fourth-order valence-electron chi connectivity index (χ4n) is 1.15. The van der Waals surface area contributed by atoms with Crippen LogP contribution in [0.3, 0.4) is 0 Å². The Balaban J connectivity index is 2.94. The minimum Gasteiger partial charge on any atom is -0.245 e. The highest BCUT2D eigenvalue weighted by Gasteiger charge is 2.39. The second-order valence-corrected chi connectivity index (χ2v) is 4.15. The van der Waals surface area contributed by atoms with E-state index in [-0.39, 0.29) is 0 Å². The summed E-state index contributed by atoms with van der Waals surface area (Å²) in [5.74, 6) is 2.28. The van der Waals surface area contributed by atoms with Gasteiger partial charge in [-0.05, 0) is 13.8 Å². The molecule has 12 heavy (non-hydrogen) atoms. The average Bonchev–Trinajstić information content (AvgIpc) is 1.82. The summed E-state index contributed by atoms with van der Waals surface area (Å²) in [4.78, 5) is 0. The van der Waals surface area contributed by atoms with Gasteiger partial charge in [-0.3, -0.25) is 0 Å². The summed E-state index contributed by atoms with van der Waals surface area (Å²) in [5, 5.41) is 0. The zero-order valence-corrected chi connectivity index (χ0v) is 7.72. The first-order chi connectivity index (χ1) is 5.37. The molecule has 2 atom stereocenters. The van der Waals surface area contributed by atoms with E-state index in [2.05, 4.69) is 14.3 Å². The van der Waals surface area contributed by atoms with Gasteiger partial charge in [0.25, 0.3) is 0 Å². The van der Waals surface area contributed by atoms with Gasteiger partial charge in [-0.1, -0.05) is 5.92 Å². The van der Waals surface area contributed by atoms with Crippen molar-refractivity contribution in [3.05, 3.63) is 0 Å². The molecule has 0 aliphatic carbocycles. The summed E-state index contributed by atoms with van der Waals surface area (Å²) in [5.41, 5.74) is -1.06. The van der Waals surface area contributed by atoms with Crippen LogP contribution in [0.25, 0.3) is 0 Å². The molecule has 1 saturated heterocycles. The third-order valence-electron chi connectivity index (χ3n) is 1.55. The van der Waals surface area contributed by atoms with Crippen LogP contribution in [0.5, 0.6) is 0 Å². The summed E-state index contributed by atoms with van der Waals surface area (Å²) in [6.45, 7) is 3.18. The molecule has 0 spiro atoms. The Hall–Kier alpha value is -0.570. The normalized spacial score (nSPS) is 40.2. The summed E-state index contributed by atoms with van der Waals surface area (Å²) >= 11 is 0. The largest absolute Gasteiger partial charge is 0.401 e. The molecule has 0 amide bonds. The lowest BCUT2D eigenvalue weighted by molar-refractivity contribution is 0.0200. The first-order valence-electron chi connectivity index (χ1n) is 3.48. The molecule has 1 aliphatic heterocycles. The van der Waals surface area contributed by atoms with E-state index in [1.165, 1.54) is 0 Å². The topological polar surface area (TPSA) is 52.6 Å². The van der Waals surface area contributed by atoms with E-state index >= 15 is 0 Å². The number of hydrogen-bond acceptors (Lipinski definition) is 4. The molecule has 68 valence electrons. The van der Waals surface area contributed by atoms with Crippen molar-refractivity contribution in [2.45, 2.75) is 32.0 Å². The van der Waals surface area contributed by atoms with E-state index in [9.17, 15) is 8.42 Å². The monoisotopic (exact) mass is 190 g/mol. The lowest BCUT2D eigenvalue weighted by Gasteiger charge is -2.30. The van der Waals surface area contributed by atoms with E-state index in [0.717, 1.165) is 0 Å². The van der Waals surface area contributed by atoms with Gasteiger partial charge in [0.1, 0.15) is 5.60 Å². The molecule has 0 N–H and O–H groups in total. The highest BCUT2D eigenvalue weighted by molar-refractivity contribution is 7.82. The Bertz CT molecular complexity index is 313. The third-order valence-corrected chi connectivity index (χ3v) is 2.69. The van der Waals surface area contributed by atoms with Crippen molar-refractivity contribution in [1.82, 2.24) is 0 Å². The van der Waals surface area contributed by atoms with Crippen molar-refractivity contribution in [2.24, 2.45) is 0 Å². The van der Waals surface area contributed by atoms with Gasteiger partial charge < -0.3 is 0 Å². The molecule has 0 radical (unpaired) electrons. The lowest BCUT2D eigenvalue weighted by Crippen LogP contribution is -2.41. The zero-order valence-electron chi connectivity index (χ0n) is 6.90. The van der Waals surface area contributed by atoms with E-state index in [4.69, 9.17) is 6.42 Å². The zero-order chi connectivity index (χ0) is 9.41. The molecule has 1 heterocycles. The molecule has 0 saturated carbocycles. The number of terminal acetylenes is 1. The van der Waals surface area contributed by atoms with Gasteiger partial charge in [0.2, 0.25) is 0 Å². The molecule has 4 nitrogen and oxygen atoms in total. The van der Waals surface area contributed by atoms with Gasteiger partial charge in [0.15, 0.2) is 0 Å². The first kappa shape index (κ1) is 9.52. The van der Waals surface area contributed by atoms with Crippen molar-refractivity contribution >= 4 is 10.4 Å². The lowest BCUT2D eigenvalue weighted by atomic mass is 10.0. The maximum atomic E-state index is 10.9. The predicted molar refractivity (Wildman–Crippen MR) is 42.4 cm³/mol. The van der Waals surface area contributed by atoms with E-state index < -0.39 is 22.1 Å². The summed E-state index contributed by atoms with van der Waals surface area (Å²) in [7, 11) is -3.89. The smallest absolute Gasteiger partial charge is 0.245 e. The van der Waals surface area contributed by atoms with Crippen LogP contribution in [0, 0.1) is 12.3 Å². The standard InChI is InChI=1S/C7H10O4S/c1-4-7(3)5-6(2)10-12(8,9)11-7/h1,6H,5H2,2-3H3. The Morgan fingerprint density at radius 1 is 1.67 bits per heavy atom. The average molecular weight is 190 g/mol. The molecule has 1 rings (SSSR count). The molecule has 0 aromatic carbocycles. The predicted octanol–water partition coefficient (Wildman–Crippen LogP) is 0.449. The quantitative estimate of drug-likeness (QED) is 0.520. The number of hydrogen-bond donors (Lipinski definition) is 0. The van der Waals surface area contributed by atoms with Crippen LogP contribution < -0.4 is 0 Å². The molecule has 5 heteroatoms. The van der Waals surface area contributed by atoms with Crippen molar-refractivity contribution in [1.29, 1.82) is 0 Å². The van der Waals surface area contributed by atoms with E-state index in [1.807, 2.05) is 0 Å². The SMILES string of the molecule is C#CC1(C)CC(C)OS(=O)(=O)O1. The minimum absolute atomic E-state index is 0.378. The maximum Gasteiger partial charge on any atom is 0.401 e. The van der Waals surface area contributed by atoms with Crippen LogP contribution >= 0.6 is 0 Å². The molecule has 1 fully saturated rings. The highest BCUT2D eigenvalue weighted by Crippen LogP contribution is 2.27. The first-order valence-corrected chi connectivity index (χ1v) is 4.82. The van der Waals surface area contributed by atoms with E-state index in [1.54, 1.807) is 13.8 Å². The van der Waals surface area contributed by atoms with Crippen LogP contribution in [-0.4, -0.2) is 20.1 Å². The van der Waals surface area contributed by atoms with Gasteiger partial charge in [-0.25, -0.2) is 8.37 Å². The number of rotatable bonds is 0. The summed E-state index contributed by atoms with van der Waals surface area (Å²) < 4.78 is 30.9. The Morgan fingerprint density at radius 2 is 2.25 bits per heavy atom. The van der Waals surface area contributed by atoms with Crippen molar-refractivity contribution < 1.29 is 16.8 Å². The van der Waals surface area contributed by atoms with Gasteiger partial charge in [0, 0.05) is 6.42 Å². The van der Waals surface area contributed by atoms with Crippen LogP contribution in [0.4, 0.5) is 0 Å². The van der Waals surface area contributed by atoms with E-state index in [0.29, 0.717) is 6.42 Å². The molecule has 2 unspecified atom stereocenters. The van der Waals surface area contributed by atoms with Crippen LogP contribution in [0.1, 0.15) is 20.3 Å². The third kappa shape index (κ3) is 1.97. The van der Waals surface area contributed by atoms with Gasteiger partial charge in [0.05, 0.1) is 6.10 Å². The van der Waals surface area contributed by atoms with Crippen LogP contribution in [0.15, 0.2) is 0 Å². The molecular weight excluding hydrogens is 180 g/mol. The van der Waals surface area contributed by atoms with Crippen LogP contribution in [0.2, 0.25) is 0 Å². The Morgan fingerprint density at radius 3 is 2.67 bits per heavy atom. The van der Waals surface area contributed by atoms with Crippen molar-refractivity contribution in [3.8, 4) is 12.3 Å². The maximum absolute atomic E-state index is 10.9. The summed E-state index contributed by atoms with van der Waals surface area (Å²) in [6, 6.07) is 0. The van der Waals surface area contributed by atoms with Gasteiger partial charge in [-0.15, -0.1) is 6.42 Å². The minimum atomic E-state index is -3.89. The Labute approximate surface area is 72.2 Å². The highest BCUT2D eigenvalue weighted by atomic mass is 32.3. The van der Waals surface area contributed by atoms with Crippen LogP contribution in [-0.2, 0) is 18.8 Å². The van der Waals surface area contributed by atoms with Gasteiger partial charge in [-0.2, -0.15) is 8.42 Å². The van der Waals surface area contributed by atoms with Crippen molar-refractivity contribution in [2.75, 3.05) is 0 Å². The molecule has 1 aliphatic rings. The molecule has 0 bridgehead atoms. The second kappa shape index (κ2) is 2.73. The summed E-state index contributed by atoms with van der Waals surface area (Å²) in [6.07, 6.45) is 5.08. The second-order valence-electron chi connectivity index (χ2n) is 2.98. The van der Waals surface area contributed by atoms with Gasteiger partial charge >= 0.3 is 10.4 Å². The fourth-order valence-corrected chi connectivity index (χ4v) is 2.22. The molecular formula is C7H10O4S.